The number of carbonyl (C=O) groups is 2. The Morgan fingerprint density at radius 1 is 1.42 bits per heavy atom. The van der Waals surface area contributed by atoms with Crippen molar-refractivity contribution in [2.24, 2.45) is 12.8 Å². The topological polar surface area (TPSA) is 141 Å². The molecule has 1 fully saturated rings. The molecule has 3 aromatic rings. The summed E-state index contributed by atoms with van der Waals surface area (Å²) in [6.07, 6.45) is 6.55. The number of primary amides is 1. The van der Waals surface area contributed by atoms with Gasteiger partial charge in [-0.2, -0.15) is 5.10 Å². The largest absolute Gasteiger partial charge is 0.444 e. The summed E-state index contributed by atoms with van der Waals surface area (Å²) in [6.45, 7) is 1.54. The zero-order chi connectivity index (χ0) is 22.0. The van der Waals surface area contributed by atoms with Crippen LogP contribution in [0.1, 0.15) is 33.8 Å². The molecule has 2 amide bonds. The number of oxazole rings is 1. The number of anilines is 2. The monoisotopic (exact) mass is 425 g/mol. The summed E-state index contributed by atoms with van der Waals surface area (Å²) in [5.41, 5.74) is 6.23. The van der Waals surface area contributed by atoms with Crippen molar-refractivity contribution < 1.29 is 18.7 Å². The highest BCUT2D eigenvalue weighted by atomic mass is 16.5. The lowest BCUT2D eigenvalue weighted by molar-refractivity contribution is 0.0995. The first kappa shape index (κ1) is 20.5. The molecule has 0 radical (unpaired) electrons. The van der Waals surface area contributed by atoms with Crippen LogP contribution in [0.5, 0.6) is 0 Å². The van der Waals surface area contributed by atoms with Gasteiger partial charge in [-0.3, -0.25) is 14.3 Å². The van der Waals surface area contributed by atoms with Crippen LogP contribution in [0, 0.1) is 0 Å². The molecule has 3 aromatic heterocycles. The third kappa shape index (κ3) is 4.26. The maximum absolute atomic E-state index is 12.6. The minimum absolute atomic E-state index is 0.0328. The lowest BCUT2D eigenvalue weighted by atomic mass is 10.2. The summed E-state index contributed by atoms with van der Waals surface area (Å²) < 4.78 is 12.2. The number of pyridine rings is 1. The Bertz CT molecular complexity index is 1110. The smallest absolute Gasteiger partial charge is 0.277 e. The van der Waals surface area contributed by atoms with Gasteiger partial charge in [0.15, 0.2) is 11.4 Å². The normalized spacial score (nSPS) is 15.9. The van der Waals surface area contributed by atoms with Gasteiger partial charge in [0.25, 0.3) is 11.8 Å². The van der Waals surface area contributed by atoms with Crippen molar-refractivity contribution in [3.63, 3.8) is 0 Å². The summed E-state index contributed by atoms with van der Waals surface area (Å²) in [6, 6.07) is 3.93. The number of nitrogens with two attached hydrogens (primary N) is 1. The van der Waals surface area contributed by atoms with Crippen LogP contribution in [0.3, 0.4) is 0 Å². The quantitative estimate of drug-likeness (QED) is 0.579. The van der Waals surface area contributed by atoms with E-state index in [1.54, 1.807) is 26.4 Å². The first-order chi connectivity index (χ1) is 15.0. The van der Waals surface area contributed by atoms with Gasteiger partial charge >= 0.3 is 0 Å². The van der Waals surface area contributed by atoms with Crippen molar-refractivity contribution in [1.82, 2.24) is 19.7 Å². The fourth-order valence-corrected chi connectivity index (χ4v) is 3.67. The Morgan fingerprint density at radius 3 is 3.03 bits per heavy atom. The van der Waals surface area contributed by atoms with Gasteiger partial charge in [0.2, 0.25) is 5.89 Å². The Kier molecular flexibility index (Phi) is 5.67. The average molecular weight is 425 g/mol. The number of rotatable bonds is 7. The molecule has 4 heterocycles. The van der Waals surface area contributed by atoms with Crippen LogP contribution >= 0.6 is 0 Å². The SMILES string of the molecule is COC[C@@H]1CCCN1c1cc(-c2nc(C(=O)Nc3cn(C)nc3C(N)=O)co2)ccn1. The van der Waals surface area contributed by atoms with E-state index in [4.69, 9.17) is 14.9 Å². The lowest BCUT2D eigenvalue weighted by Gasteiger charge is -2.25. The number of aromatic nitrogens is 4. The molecule has 11 nitrogen and oxygen atoms in total. The Balaban J connectivity index is 1.53. The molecule has 3 N–H and O–H groups in total. The summed E-state index contributed by atoms with van der Waals surface area (Å²) in [4.78, 5) is 35.0. The number of amides is 2. The molecule has 1 aliphatic rings. The molecule has 0 unspecified atom stereocenters. The maximum atomic E-state index is 12.6. The summed E-state index contributed by atoms with van der Waals surface area (Å²) >= 11 is 0. The maximum Gasteiger partial charge on any atom is 0.277 e. The lowest BCUT2D eigenvalue weighted by Crippen LogP contribution is -2.33. The van der Waals surface area contributed by atoms with Crippen molar-refractivity contribution in [2.45, 2.75) is 18.9 Å². The van der Waals surface area contributed by atoms with E-state index in [0.717, 1.165) is 25.2 Å². The number of carbonyl (C=O) groups excluding carboxylic acids is 2. The van der Waals surface area contributed by atoms with E-state index >= 15 is 0 Å². The fraction of sp³-hybridized carbons (Fsp3) is 0.350. The third-order valence-corrected chi connectivity index (χ3v) is 5.07. The van der Waals surface area contributed by atoms with Gasteiger partial charge in [-0.25, -0.2) is 9.97 Å². The average Bonchev–Trinajstić information content (AvgIpc) is 3.48. The minimum Gasteiger partial charge on any atom is -0.444 e. The molecule has 0 aliphatic carbocycles. The molecule has 11 heteroatoms. The second-order valence-electron chi connectivity index (χ2n) is 7.27. The van der Waals surface area contributed by atoms with Gasteiger partial charge in [0, 0.05) is 38.7 Å². The van der Waals surface area contributed by atoms with Crippen molar-refractivity contribution in [3.05, 3.63) is 42.2 Å². The van der Waals surface area contributed by atoms with Crippen molar-refractivity contribution in [1.29, 1.82) is 0 Å². The Hall–Kier alpha value is -3.73. The molecule has 31 heavy (non-hydrogen) atoms. The zero-order valence-corrected chi connectivity index (χ0v) is 17.2. The number of methoxy groups -OCH3 is 1. The molecule has 0 aromatic carbocycles. The highest BCUT2D eigenvalue weighted by Crippen LogP contribution is 2.28. The highest BCUT2D eigenvalue weighted by molar-refractivity contribution is 6.07. The van der Waals surface area contributed by atoms with Gasteiger partial charge in [-0.1, -0.05) is 0 Å². The molecular weight excluding hydrogens is 402 g/mol. The van der Waals surface area contributed by atoms with Crippen LogP contribution in [0.4, 0.5) is 11.5 Å². The minimum atomic E-state index is -0.741. The van der Waals surface area contributed by atoms with Gasteiger partial charge in [0.05, 0.1) is 18.3 Å². The number of aryl methyl sites for hydroxylation is 1. The molecular formula is C20H23N7O4. The summed E-state index contributed by atoms with van der Waals surface area (Å²) in [5, 5.41) is 6.53. The molecule has 0 spiro atoms. The number of hydrogen-bond donors (Lipinski definition) is 2. The van der Waals surface area contributed by atoms with Crippen LogP contribution in [0.15, 0.2) is 35.2 Å². The van der Waals surface area contributed by atoms with Gasteiger partial charge in [-0.05, 0) is 25.0 Å². The van der Waals surface area contributed by atoms with Crippen molar-refractivity contribution in [3.8, 4) is 11.5 Å². The fourth-order valence-electron chi connectivity index (χ4n) is 3.67. The predicted molar refractivity (Wildman–Crippen MR) is 112 cm³/mol. The second kappa shape index (κ2) is 8.56. The van der Waals surface area contributed by atoms with E-state index in [9.17, 15) is 9.59 Å². The summed E-state index contributed by atoms with van der Waals surface area (Å²) in [7, 11) is 3.31. The van der Waals surface area contributed by atoms with Crippen LogP contribution < -0.4 is 16.0 Å². The number of nitrogens with zero attached hydrogens (tertiary/aromatic N) is 5. The number of ether oxygens (including phenoxy) is 1. The second-order valence-corrected chi connectivity index (χ2v) is 7.27. The standard InChI is InChI=1S/C20H23N7O4/c1-26-9-14(17(25-26)18(21)28)23-19(29)15-11-31-20(24-15)12-5-6-22-16(8-12)27-7-3-4-13(27)10-30-2/h5-6,8-9,11,13H,3-4,7,10H2,1-2H3,(H2,21,28)(H,23,29)/t13-/m0/s1. The van der Waals surface area contributed by atoms with Gasteiger partial charge in [-0.15, -0.1) is 0 Å². The van der Waals surface area contributed by atoms with E-state index in [0.29, 0.717) is 12.2 Å². The third-order valence-electron chi connectivity index (χ3n) is 5.07. The van der Waals surface area contributed by atoms with E-state index in [2.05, 4.69) is 25.3 Å². The van der Waals surface area contributed by atoms with Gasteiger partial charge in [0.1, 0.15) is 12.1 Å². The first-order valence-corrected chi connectivity index (χ1v) is 9.78. The van der Waals surface area contributed by atoms with E-state index in [-0.39, 0.29) is 29.0 Å². The van der Waals surface area contributed by atoms with Crippen molar-refractivity contribution >= 4 is 23.3 Å². The Labute approximate surface area is 178 Å². The van der Waals surface area contributed by atoms with Gasteiger partial charge < -0.3 is 25.1 Å². The predicted octanol–water partition coefficient (Wildman–Crippen LogP) is 1.44. The Morgan fingerprint density at radius 2 is 2.26 bits per heavy atom. The van der Waals surface area contributed by atoms with E-state index < -0.39 is 11.8 Å². The first-order valence-electron chi connectivity index (χ1n) is 9.78. The molecule has 0 bridgehead atoms. The zero-order valence-electron chi connectivity index (χ0n) is 17.2. The highest BCUT2D eigenvalue weighted by Gasteiger charge is 2.26. The van der Waals surface area contributed by atoms with Crippen LogP contribution in [0.2, 0.25) is 0 Å². The molecule has 1 saturated heterocycles. The van der Waals surface area contributed by atoms with Crippen LogP contribution in [0.25, 0.3) is 11.5 Å². The summed E-state index contributed by atoms with van der Waals surface area (Å²) in [5.74, 6) is -0.186. The molecule has 0 saturated carbocycles. The van der Waals surface area contributed by atoms with E-state index in [1.807, 2.05) is 6.07 Å². The molecule has 1 aliphatic heterocycles. The molecule has 1 atom stereocenters. The number of nitrogens with one attached hydrogen (secondary N) is 1. The molecule has 162 valence electrons. The molecule has 4 rings (SSSR count). The van der Waals surface area contributed by atoms with Crippen molar-refractivity contribution in [2.75, 3.05) is 30.5 Å². The van der Waals surface area contributed by atoms with E-state index in [1.165, 1.54) is 17.1 Å². The van der Waals surface area contributed by atoms with Crippen LogP contribution in [-0.4, -0.2) is 57.9 Å². The van der Waals surface area contributed by atoms with Crippen LogP contribution in [-0.2, 0) is 11.8 Å². The number of hydrogen-bond acceptors (Lipinski definition) is 8.